The van der Waals surface area contributed by atoms with Crippen LogP contribution in [0.1, 0.15) is 19.4 Å². The number of hydrogen-bond acceptors (Lipinski definition) is 6. The lowest BCUT2D eigenvalue weighted by molar-refractivity contribution is -0.146. The summed E-state index contributed by atoms with van der Waals surface area (Å²) in [6, 6.07) is 11.9. The van der Waals surface area contributed by atoms with Gasteiger partial charge in [-0.05, 0) is 43.3 Å². The van der Waals surface area contributed by atoms with Crippen molar-refractivity contribution in [3.8, 4) is 11.3 Å². The van der Waals surface area contributed by atoms with Crippen LogP contribution in [0.15, 0.2) is 60.8 Å². The van der Waals surface area contributed by atoms with Crippen molar-refractivity contribution in [3.05, 3.63) is 66.4 Å². The normalized spacial score (nSPS) is 20.6. The molecule has 5 rings (SSSR count). The Kier molecular flexibility index (Phi) is 5.77. The summed E-state index contributed by atoms with van der Waals surface area (Å²) in [6.45, 7) is 3.56. The number of pyridine rings is 2. The fourth-order valence-electron chi connectivity index (χ4n) is 4.82. The van der Waals surface area contributed by atoms with Gasteiger partial charge in [0, 0.05) is 18.7 Å². The molecule has 0 spiro atoms. The third kappa shape index (κ3) is 4.21. The number of nitrogens with one attached hydrogen (secondary N) is 1. The molecule has 11 heteroatoms. The smallest absolute Gasteiger partial charge is 0.416 e. The summed E-state index contributed by atoms with van der Waals surface area (Å²) in [6.07, 6.45) is -3.60. The summed E-state index contributed by atoms with van der Waals surface area (Å²) >= 11 is 0. The number of benzene rings is 1. The zero-order chi connectivity index (χ0) is 25.6. The molecule has 3 atom stereocenters. The van der Waals surface area contributed by atoms with Gasteiger partial charge in [0.15, 0.2) is 5.82 Å². The quantitative estimate of drug-likeness (QED) is 0.527. The van der Waals surface area contributed by atoms with E-state index >= 15 is 0 Å². The molecule has 0 aliphatic carbocycles. The zero-order valence-electron chi connectivity index (χ0n) is 19.4. The largest absolute Gasteiger partial charge is 0.458 e. The minimum Gasteiger partial charge on any atom is -0.458 e. The Bertz CT molecular complexity index is 1320. The average Bonchev–Trinajstić information content (AvgIpc) is 3.06. The van der Waals surface area contributed by atoms with E-state index in [0.29, 0.717) is 18.1 Å². The van der Waals surface area contributed by atoms with Gasteiger partial charge in [0.2, 0.25) is 0 Å². The van der Waals surface area contributed by atoms with E-state index in [-0.39, 0.29) is 23.1 Å². The molecule has 2 bridgehead atoms. The summed E-state index contributed by atoms with van der Waals surface area (Å²) in [5.41, 5.74) is 0.349. The van der Waals surface area contributed by atoms with E-state index in [9.17, 15) is 22.8 Å². The van der Waals surface area contributed by atoms with Gasteiger partial charge < -0.3 is 9.64 Å². The number of urea groups is 1. The highest BCUT2D eigenvalue weighted by molar-refractivity contribution is 6.04. The van der Waals surface area contributed by atoms with Crippen LogP contribution in [0.4, 0.5) is 35.3 Å². The third-order valence-corrected chi connectivity index (χ3v) is 6.36. The maximum atomic E-state index is 13.6. The summed E-state index contributed by atoms with van der Waals surface area (Å²) in [5, 5.41) is 2.75. The molecular formula is C25H22F3N5O3. The Morgan fingerprint density at radius 2 is 1.92 bits per heavy atom. The summed E-state index contributed by atoms with van der Waals surface area (Å²) < 4.78 is 45.4. The van der Waals surface area contributed by atoms with Gasteiger partial charge in [0.05, 0.1) is 35.6 Å². The summed E-state index contributed by atoms with van der Waals surface area (Å²) in [7, 11) is 0. The van der Waals surface area contributed by atoms with Crippen molar-refractivity contribution in [1.82, 2.24) is 9.97 Å². The second kappa shape index (κ2) is 8.81. The first-order valence-corrected chi connectivity index (χ1v) is 11.3. The third-order valence-electron chi connectivity index (χ3n) is 6.36. The van der Waals surface area contributed by atoms with Crippen molar-refractivity contribution in [1.29, 1.82) is 0 Å². The van der Waals surface area contributed by atoms with E-state index in [0.717, 1.165) is 12.1 Å². The van der Waals surface area contributed by atoms with Crippen LogP contribution >= 0.6 is 0 Å². The van der Waals surface area contributed by atoms with Crippen molar-refractivity contribution < 1.29 is 27.5 Å². The Hall–Kier alpha value is -4.15. The van der Waals surface area contributed by atoms with E-state index < -0.39 is 35.9 Å². The number of carbonyl (C=O) groups excluding carboxylic acids is 2. The van der Waals surface area contributed by atoms with Crippen molar-refractivity contribution >= 4 is 29.3 Å². The topological polar surface area (TPSA) is 87.7 Å². The minimum absolute atomic E-state index is 0.211. The molecule has 1 aromatic carbocycles. The predicted octanol–water partition coefficient (Wildman–Crippen LogP) is 4.72. The van der Waals surface area contributed by atoms with Crippen LogP contribution < -0.4 is 15.1 Å². The Morgan fingerprint density at radius 1 is 1.11 bits per heavy atom. The van der Waals surface area contributed by atoms with Crippen molar-refractivity contribution in [3.63, 3.8) is 0 Å². The maximum Gasteiger partial charge on any atom is 0.416 e. The molecular weight excluding hydrogens is 475 g/mol. The fraction of sp³-hybridized carbons (Fsp3) is 0.280. The first-order chi connectivity index (χ1) is 17.1. The summed E-state index contributed by atoms with van der Waals surface area (Å²) in [4.78, 5) is 37.5. The zero-order valence-corrected chi connectivity index (χ0v) is 19.4. The molecule has 2 aliphatic heterocycles. The second-order valence-corrected chi connectivity index (χ2v) is 8.66. The van der Waals surface area contributed by atoms with Crippen LogP contribution in [0.2, 0.25) is 0 Å². The number of fused-ring (bicyclic) bond motifs is 4. The van der Waals surface area contributed by atoms with Gasteiger partial charge in [-0.3, -0.25) is 15.0 Å². The molecule has 0 saturated carbocycles. The molecule has 8 nitrogen and oxygen atoms in total. The van der Waals surface area contributed by atoms with E-state index in [1.54, 1.807) is 30.3 Å². The van der Waals surface area contributed by atoms with Crippen LogP contribution in [0.25, 0.3) is 11.3 Å². The van der Waals surface area contributed by atoms with E-state index in [4.69, 9.17) is 4.74 Å². The van der Waals surface area contributed by atoms with Gasteiger partial charge in [-0.25, -0.2) is 14.8 Å². The lowest BCUT2D eigenvalue weighted by Gasteiger charge is -2.40. The number of ether oxygens (including phenoxy) is 1. The van der Waals surface area contributed by atoms with Crippen molar-refractivity contribution in [2.75, 3.05) is 21.7 Å². The Morgan fingerprint density at radius 3 is 2.61 bits per heavy atom. The van der Waals surface area contributed by atoms with E-state index in [1.807, 2.05) is 11.8 Å². The van der Waals surface area contributed by atoms with Crippen LogP contribution in [0.5, 0.6) is 0 Å². The molecule has 1 N–H and O–H groups in total. The number of esters is 1. The number of halogens is 3. The molecule has 186 valence electrons. The molecule has 2 aliphatic rings. The molecule has 36 heavy (non-hydrogen) atoms. The molecule has 4 heterocycles. The summed E-state index contributed by atoms with van der Waals surface area (Å²) in [5.74, 6) is 0.0963. The molecule has 3 aromatic rings. The lowest BCUT2D eigenvalue weighted by Crippen LogP contribution is -2.56. The van der Waals surface area contributed by atoms with Gasteiger partial charge in [-0.15, -0.1) is 0 Å². The lowest BCUT2D eigenvalue weighted by atomic mass is 10.0. The molecule has 1 fully saturated rings. The van der Waals surface area contributed by atoms with Gasteiger partial charge in [0.1, 0.15) is 11.9 Å². The number of amides is 2. The van der Waals surface area contributed by atoms with Gasteiger partial charge in [0.25, 0.3) is 0 Å². The van der Waals surface area contributed by atoms with Gasteiger partial charge in [-0.2, -0.15) is 13.2 Å². The number of rotatable bonds is 3. The van der Waals surface area contributed by atoms with Crippen LogP contribution in [0, 0.1) is 0 Å². The van der Waals surface area contributed by atoms with Crippen molar-refractivity contribution in [2.45, 2.75) is 38.2 Å². The highest BCUT2D eigenvalue weighted by Gasteiger charge is 2.52. The maximum absolute atomic E-state index is 13.6. The minimum atomic E-state index is -4.50. The molecule has 0 radical (unpaired) electrons. The number of nitrogens with zero attached hydrogens (tertiary/aromatic N) is 4. The molecule has 2 aromatic heterocycles. The molecule has 0 unspecified atom stereocenters. The number of anilines is 3. The first kappa shape index (κ1) is 23.6. The van der Waals surface area contributed by atoms with E-state index in [1.165, 1.54) is 30.2 Å². The van der Waals surface area contributed by atoms with E-state index in [2.05, 4.69) is 15.3 Å². The van der Waals surface area contributed by atoms with Crippen molar-refractivity contribution in [2.24, 2.45) is 0 Å². The fourth-order valence-corrected chi connectivity index (χ4v) is 4.82. The first-order valence-electron chi connectivity index (χ1n) is 11.3. The van der Waals surface area contributed by atoms with Crippen LogP contribution in [0.3, 0.4) is 0 Å². The van der Waals surface area contributed by atoms with Gasteiger partial charge >= 0.3 is 18.2 Å². The Balaban J connectivity index is 1.60. The highest BCUT2D eigenvalue weighted by Crippen LogP contribution is 2.44. The molecule has 1 saturated heterocycles. The number of carbonyl (C=O) groups is 2. The highest BCUT2D eigenvalue weighted by atomic mass is 19.4. The second-order valence-electron chi connectivity index (χ2n) is 8.66. The number of hydrogen-bond donors (Lipinski definition) is 1. The van der Waals surface area contributed by atoms with Gasteiger partial charge in [-0.1, -0.05) is 18.2 Å². The SMILES string of the molecule is CC(=O)O[C@H]1CN2c3ccc(-c4cccc(C(F)(F)F)c4)nc3N(C(=O)Nc3ccccn3)[C@@H]1[C@@H]2C. The number of alkyl halides is 3. The molecule has 2 amide bonds. The average molecular weight is 497 g/mol. The van der Waals surface area contributed by atoms with Crippen LogP contribution in [-0.2, 0) is 15.7 Å². The predicted molar refractivity (Wildman–Crippen MR) is 127 cm³/mol. The monoisotopic (exact) mass is 497 g/mol. The Labute approximate surface area is 204 Å². The van der Waals surface area contributed by atoms with Crippen LogP contribution in [-0.4, -0.2) is 46.7 Å². The number of aromatic nitrogens is 2. The standard InChI is InChI=1S/C25H22F3N5O3/c1-14-22-20(36-15(2)34)13-32(14)19-10-9-18(16-6-5-7-17(12-16)25(26,27)28)30-23(19)33(22)24(35)31-21-8-3-4-11-29-21/h3-12,14,20,22H,13H2,1-2H3,(H,29,31,35)/t14-,20-,22+/m0/s1.